The average molecular weight is 333 g/mol. The highest BCUT2D eigenvalue weighted by atomic mass is 16.7. The molecule has 5 heteroatoms. The number of hydrogen-bond donors (Lipinski definition) is 0. The van der Waals surface area contributed by atoms with E-state index in [-0.39, 0.29) is 24.0 Å². The number of carbonyl (C=O) groups excluding carboxylic acids is 1. The van der Waals surface area contributed by atoms with E-state index in [1.807, 2.05) is 23.1 Å². The van der Waals surface area contributed by atoms with Gasteiger partial charge in [-0.15, -0.1) is 0 Å². The Morgan fingerprint density at radius 1 is 1.21 bits per heavy atom. The summed E-state index contributed by atoms with van der Waals surface area (Å²) >= 11 is 0. The quantitative estimate of drug-likeness (QED) is 0.831. The van der Waals surface area contributed by atoms with Crippen LogP contribution in [0, 0.1) is 0 Å². The van der Waals surface area contributed by atoms with E-state index in [2.05, 4.69) is 26.0 Å². The van der Waals surface area contributed by atoms with Gasteiger partial charge in [-0.2, -0.15) is 0 Å². The van der Waals surface area contributed by atoms with Crippen LogP contribution < -0.4 is 0 Å². The Hall–Kier alpha value is -1.43. The van der Waals surface area contributed by atoms with Gasteiger partial charge in [-0.3, -0.25) is 4.79 Å². The molecule has 0 N–H and O–H groups in total. The fourth-order valence-corrected chi connectivity index (χ4v) is 3.32. The summed E-state index contributed by atoms with van der Waals surface area (Å²) in [6.45, 7) is 6.65. The van der Waals surface area contributed by atoms with Crippen molar-refractivity contribution in [3.8, 4) is 0 Å². The molecule has 0 saturated carbocycles. The molecule has 0 spiro atoms. The third-order valence-corrected chi connectivity index (χ3v) is 4.59. The second kappa shape index (κ2) is 7.64. The van der Waals surface area contributed by atoms with Gasteiger partial charge in [0.25, 0.3) is 0 Å². The Kier molecular flexibility index (Phi) is 5.54. The normalized spacial score (nSPS) is 24.0. The Morgan fingerprint density at radius 2 is 1.92 bits per heavy atom. The van der Waals surface area contributed by atoms with Crippen molar-refractivity contribution < 1.29 is 19.0 Å². The van der Waals surface area contributed by atoms with Crippen molar-refractivity contribution in [2.75, 3.05) is 19.8 Å². The zero-order valence-electron chi connectivity index (χ0n) is 14.6. The van der Waals surface area contributed by atoms with Crippen molar-refractivity contribution >= 4 is 5.91 Å². The molecule has 2 heterocycles. The van der Waals surface area contributed by atoms with Gasteiger partial charge in [-0.05, 0) is 32.3 Å². The lowest BCUT2D eigenvalue weighted by Crippen LogP contribution is -2.43. The SMILES string of the molecule is CC1(C)CC(N(Cc2ccccc2)C(=O)CC2OCCCO2)CO1. The number of nitrogens with zero attached hydrogens (tertiary/aromatic N) is 1. The van der Waals surface area contributed by atoms with Crippen molar-refractivity contribution in [1.82, 2.24) is 4.90 Å². The molecule has 0 aliphatic carbocycles. The molecule has 0 radical (unpaired) electrons. The average Bonchev–Trinajstić information content (AvgIpc) is 2.94. The van der Waals surface area contributed by atoms with E-state index < -0.39 is 6.29 Å². The monoisotopic (exact) mass is 333 g/mol. The molecule has 0 aromatic heterocycles. The molecule has 1 aromatic carbocycles. The topological polar surface area (TPSA) is 48.0 Å². The predicted molar refractivity (Wildman–Crippen MR) is 90.4 cm³/mol. The van der Waals surface area contributed by atoms with Crippen LogP contribution in [0.3, 0.4) is 0 Å². The fraction of sp³-hybridized carbons (Fsp3) is 0.632. The van der Waals surface area contributed by atoms with Crippen LogP contribution in [0.25, 0.3) is 0 Å². The zero-order valence-corrected chi connectivity index (χ0v) is 14.6. The molecular weight excluding hydrogens is 306 g/mol. The molecule has 3 rings (SSSR count). The van der Waals surface area contributed by atoms with Crippen LogP contribution in [0.15, 0.2) is 30.3 Å². The molecule has 1 amide bonds. The van der Waals surface area contributed by atoms with E-state index in [1.54, 1.807) is 0 Å². The lowest BCUT2D eigenvalue weighted by atomic mass is 10.0. The third-order valence-electron chi connectivity index (χ3n) is 4.59. The van der Waals surface area contributed by atoms with E-state index in [0.29, 0.717) is 26.4 Å². The van der Waals surface area contributed by atoms with Crippen LogP contribution in [-0.4, -0.2) is 48.6 Å². The van der Waals surface area contributed by atoms with Crippen LogP contribution >= 0.6 is 0 Å². The molecule has 2 fully saturated rings. The predicted octanol–water partition coefficient (Wildman–Crippen LogP) is 2.74. The van der Waals surface area contributed by atoms with Crippen molar-refractivity contribution in [1.29, 1.82) is 0 Å². The second-order valence-electron chi connectivity index (χ2n) is 7.16. The Bertz CT molecular complexity index is 540. The molecule has 5 nitrogen and oxygen atoms in total. The molecule has 1 aromatic rings. The summed E-state index contributed by atoms with van der Waals surface area (Å²) in [6, 6.07) is 10.2. The molecule has 132 valence electrons. The van der Waals surface area contributed by atoms with Crippen LogP contribution in [0.2, 0.25) is 0 Å². The maximum atomic E-state index is 12.9. The van der Waals surface area contributed by atoms with Crippen molar-refractivity contribution in [3.05, 3.63) is 35.9 Å². The zero-order chi connectivity index (χ0) is 17.0. The van der Waals surface area contributed by atoms with E-state index in [1.165, 1.54) is 0 Å². The molecule has 1 unspecified atom stereocenters. The van der Waals surface area contributed by atoms with Gasteiger partial charge in [0.2, 0.25) is 5.91 Å². The molecule has 2 aliphatic heterocycles. The standard InChI is InChI=1S/C19H27NO4/c1-19(2)12-16(14-24-19)20(13-15-7-4-3-5-8-15)17(21)11-18-22-9-6-10-23-18/h3-5,7-8,16,18H,6,9-14H2,1-2H3. The van der Waals surface area contributed by atoms with Crippen molar-refractivity contribution in [2.24, 2.45) is 0 Å². The Labute approximate surface area is 143 Å². The number of hydrogen-bond acceptors (Lipinski definition) is 4. The summed E-state index contributed by atoms with van der Waals surface area (Å²) < 4.78 is 17.0. The summed E-state index contributed by atoms with van der Waals surface area (Å²) in [4.78, 5) is 14.9. The minimum atomic E-state index is -0.417. The molecule has 24 heavy (non-hydrogen) atoms. The summed E-state index contributed by atoms with van der Waals surface area (Å²) in [5, 5.41) is 0. The minimum Gasteiger partial charge on any atom is -0.373 e. The smallest absolute Gasteiger partial charge is 0.228 e. The van der Waals surface area contributed by atoms with E-state index in [4.69, 9.17) is 14.2 Å². The summed E-state index contributed by atoms with van der Waals surface area (Å²) in [5.74, 6) is 0.0667. The molecule has 2 aliphatic rings. The number of ether oxygens (including phenoxy) is 3. The molecular formula is C19H27NO4. The Balaban J connectivity index is 1.69. The number of carbonyl (C=O) groups is 1. The molecule has 2 saturated heterocycles. The highest BCUT2D eigenvalue weighted by Gasteiger charge is 2.38. The van der Waals surface area contributed by atoms with Gasteiger partial charge in [0.05, 0.1) is 37.9 Å². The van der Waals surface area contributed by atoms with Crippen LogP contribution in [0.5, 0.6) is 0 Å². The summed E-state index contributed by atoms with van der Waals surface area (Å²) in [6.07, 6.45) is 1.59. The maximum Gasteiger partial charge on any atom is 0.228 e. The minimum absolute atomic E-state index is 0.0667. The number of amides is 1. The Morgan fingerprint density at radius 3 is 2.54 bits per heavy atom. The van der Waals surface area contributed by atoms with Gasteiger partial charge < -0.3 is 19.1 Å². The largest absolute Gasteiger partial charge is 0.373 e. The first kappa shape index (κ1) is 17.4. The third kappa shape index (κ3) is 4.56. The lowest BCUT2D eigenvalue weighted by Gasteiger charge is -2.31. The first-order chi connectivity index (χ1) is 11.5. The first-order valence-corrected chi connectivity index (χ1v) is 8.74. The van der Waals surface area contributed by atoms with Gasteiger partial charge in [-0.1, -0.05) is 30.3 Å². The van der Waals surface area contributed by atoms with Crippen molar-refractivity contribution in [2.45, 2.75) is 57.6 Å². The maximum absolute atomic E-state index is 12.9. The van der Waals surface area contributed by atoms with Gasteiger partial charge in [0.15, 0.2) is 6.29 Å². The molecule has 1 atom stereocenters. The van der Waals surface area contributed by atoms with Gasteiger partial charge >= 0.3 is 0 Å². The highest BCUT2D eigenvalue weighted by Crippen LogP contribution is 2.29. The summed E-state index contributed by atoms with van der Waals surface area (Å²) in [5.41, 5.74) is 0.943. The van der Waals surface area contributed by atoms with Gasteiger partial charge in [0, 0.05) is 6.54 Å². The van der Waals surface area contributed by atoms with Gasteiger partial charge in [-0.25, -0.2) is 0 Å². The molecule has 0 bridgehead atoms. The van der Waals surface area contributed by atoms with E-state index in [0.717, 1.165) is 18.4 Å². The van der Waals surface area contributed by atoms with E-state index in [9.17, 15) is 4.79 Å². The lowest BCUT2D eigenvalue weighted by molar-refractivity contribution is -0.188. The van der Waals surface area contributed by atoms with Crippen molar-refractivity contribution in [3.63, 3.8) is 0 Å². The van der Waals surface area contributed by atoms with E-state index >= 15 is 0 Å². The fourth-order valence-electron chi connectivity index (χ4n) is 3.32. The van der Waals surface area contributed by atoms with Crippen LogP contribution in [-0.2, 0) is 25.5 Å². The summed E-state index contributed by atoms with van der Waals surface area (Å²) in [7, 11) is 0. The van der Waals surface area contributed by atoms with Crippen LogP contribution in [0.1, 0.15) is 38.7 Å². The highest BCUT2D eigenvalue weighted by molar-refractivity contribution is 5.77. The van der Waals surface area contributed by atoms with Crippen LogP contribution in [0.4, 0.5) is 0 Å². The number of benzene rings is 1. The number of rotatable bonds is 5. The second-order valence-corrected chi connectivity index (χ2v) is 7.16. The first-order valence-electron chi connectivity index (χ1n) is 8.74. The van der Waals surface area contributed by atoms with Gasteiger partial charge in [0.1, 0.15) is 0 Å².